The molecule has 34 heavy (non-hydrogen) atoms. The molecule has 1 saturated heterocycles. The third-order valence-electron chi connectivity index (χ3n) is 6.79. The fourth-order valence-electron chi connectivity index (χ4n) is 5.00. The Morgan fingerprint density at radius 2 is 2.00 bits per heavy atom. The largest absolute Gasteiger partial charge is 0.493 e. The highest BCUT2D eigenvalue weighted by Gasteiger charge is 2.36. The van der Waals surface area contributed by atoms with Crippen molar-refractivity contribution in [1.29, 1.82) is 0 Å². The molecule has 0 bridgehead atoms. The summed E-state index contributed by atoms with van der Waals surface area (Å²) in [6.07, 6.45) is 3.99. The zero-order chi connectivity index (χ0) is 24.1. The normalized spacial score (nSPS) is 21.1. The SMILES string of the molecule is NC(NO)N1CCCC1c1nc(-c2ccc(OCCCC3CCCCC3)c(C(F)(F)F)c2)no1. The van der Waals surface area contributed by atoms with E-state index in [1.807, 2.05) is 5.48 Å². The first kappa shape index (κ1) is 24.9. The number of rotatable bonds is 9. The zero-order valence-corrected chi connectivity index (χ0v) is 19.1. The van der Waals surface area contributed by atoms with Crippen LogP contribution in [0.4, 0.5) is 13.2 Å². The molecule has 8 nitrogen and oxygen atoms in total. The lowest BCUT2D eigenvalue weighted by Gasteiger charge is -2.26. The Labute approximate surface area is 196 Å². The molecule has 0 amide bonds. The van der Waals surface area contributed by atoms with Crippen LogP contribution >= 0.6 is 0 Å². The fourth-order valence-corrected chi connectivity index (χ4v) is 5.00. The van der Waals surface area contributed by atoms with E-state index >= 15 is 0 Å². The molecule has 2 fully saturated rings. The van der Waals surface area contributed by atoms with E-state index in [9.17, 15) is 13.2 Å². The summed E-state index contributed by atoms with van der Waals surface area (Å²) in [6, 6.07) is 3.50. The molecule has 2 aromatic rings. The smallest absolute Gasteiger partial charge is 0.419 e. The van der Waals surface area contributed by atoms with E-state index in [2.05, 4.69) is 10.1 Å². The maximum absolute atomic E-state index is 13.8. The van der Waals surface area contributed by atoms with Gasteiger partial charge in [0.1, 0.15) is 12.0 Å². The third kappa shape index (κ3) is 5.88. The van der Waals surface area contributed by atoms with Gasteiger partial charge in [-0.25, -0.2) is 0 Å². The number of nitrogens with one attached hydrogen (secondary N) is 1. The number of likely N-dealkylation sites (tertiary alicyclic amines) is 1. The molecule has 4 N–H and O–H groups in total. The quantitative estimate of drug-likeness (QED) is 0.264. The van der Waals surface area contributed by atoms with E-state index in [1.54, 1.807) is 4.90 Å². The van der Waals surface area contributed by atoms with Crippen molar-refractivity contribution in [1.82, 2.24) is 20.5 Å². The molecular formula is C23H32F3N5O3. The highest BCUT2D eigenvalue weighted by atomic mass is 19.4. The van der Waals surface area contributed by atoms with Crippen LogP contribution in [-0.2, 0) is 6.18 Å². The minimum absolute atomic E-state index is 0.0572. The monoisotopic (exact) mass is 483 g/mol. The molecule has 0 radical (unpaired) electrons. The van der Waals surface area contributed by atoms with Gasteiger partial charge in [0.15, 0.2) is 0 Å². The Kier molecular flexibility index (Phi) is 8.07. The predicted molar refractivity (Wildman–Crippen MR) is 118 cm³/mol. The maximum Gasteiger partial charge on any atom is 0.419 e. The van der Waals surface area contributed by atoms with Gasteiger partial charge in [-0.15, -0.1) is 0 Å². The fraction of sp³-hybridized carbons (Fsp3) is 0.652. The molecule has 2 aliphatic rings. The first-order valence-electron chi connectivity index (χ1n) is 12.0. The Morgan fingerprint density at radius 1 is 1.21 bits per heavy atom. The van der Waals surface area contributed by atoms with Crippen molar-refractivity contribution in [3.63, 3.8) is 0 Å². The molecule has 1 aromatic carbocycles. The van der Waals surface area contributed by atoms with Gasteiger partial charge < -0.3 is 20.2 Å². The molecule has 1 aliphatic carbocycles. The summed E-state index contributed by atoms with van der Waals surface area (Å²) < 4.78 is 52.2. The van der Waals surface area contributed by atoms with Gasteiger partial charge in [-0.1, -0.05) is 37.3 Å². The van der Waals surface area contributed by atoms with Crippen molar-refractivity contribution >= 4 is 0 Å². The molecule has 2 heterocycles. The van der Waals surface area contributed by atoms with E-state index in [0.29, 0.717) is 18.9 Å². The minimum Gasteiger partial charge on any atom is -0.493 e. The Balaban J connectivity index is 1.45. The van der Waals surface area contributed by atoms with Crippen LogP contribution in [0.1, 0.15) is 75.3 Å². The second-order valence-electron chi connectivity index (χ2n) is 9.13. The lowest BCUT2D eigenvalue weighted by molar-refractivity contribution is -0.138. The molecule has 11 heteroatoms. The van der Waals surface area contributed by atoms with Crippen molar-refractivity contribution in [2.45, 2.75) is 76.3 Å². The van der Waals surface area contributed by atoms with Crippen LogP contribution in [0.3, 0.4) is 0 Å². The van der Waals surface area contributed by atoms with E-state index in [4.69, 9.17) is 20.2 Å². The van der Waals surface area contributed by atoms with Crippen molar-refractivity contribution in [3.8, 4) is 17.1 Å². The number of benzene rings is 1. The summed E-state index contributed by atoms with van der Waals surface area (Å²) in [6.45, 7) is 0.865. The topological polar surface area (TPSA) is 110 Å². The number of nitrogens with zero attached hydrogens (tertiary/aromatic N) is 3. The molecular weight excluding hydrogens is 451 g/mol. The van der Waals surface area contributed by atoms with E-state index in [1.165, 1.54) is 44.2 Å². The molecule has 4 rings (SSSR count). The average Bonchev–Trinajstić information content (AvgIpc) is 3.51. The van der Waals surface area contributed by atoms with Crippen molar-refractivity contribution in [3.05, 3.63) is 29.7 Å². The molecule has 1 aliphatic heterocycles. The van der Waals surface area contributed by atoms with Crippen LogP contribution in [0.2, 0.25) is 0 Å². The lowest BCUT2D eigenvalue weighted by atomic mass is 9.86. The average molecular weight is 484 g/mol. The van der Waals surface area contributed by atoms with Crippen LogP contribution in [0.25, 0.3) is 11.4 Å². The number of alkyl halides is 3. The van der Waals surface area contributed by atoms with Gasteiger partial charge >= 0.3 is 6.18 Å². The highest BCUT2D eigenvalue weighted by Crippen LogP contribution is 2.39. The number of ether oxygens (including phenoxy) is 1. The van der Waals surface area contributed by atoms with Crippen LogP contribution < -0.4 is 16.0 Å². The van der Waals surface area contributed by atoms with Crippen LogP contribution in [0.5, 0.6) is 5.75 Å². The minimum atomic E-state index is -4.58. The van der Waals surface area contributed by atoms with Gasteiger partial charge in [0.05, 0.1) is 18.2 Å². The van der Waals surface area contributed by atoms with Gasteiger partial charge in [0.2, 0.25) is 11.7 Å². The molecule has 1 saturated carbocycles. The summed E-state index contributed by atoms with van der Waals surface area (Å²) in [4.78, 5) is 6.07. The lowest BCUT2D eigenvalue weighted by Crippen LogP contribution is -2.50. The molecule has 188 valence electrons. The van der Waals surface area contributed by atoms with Gasteiger partial charge in [0.25, 0.3) is 0 Å². The van der Waals surface area contributed by atoms with Crippen LogP contribution in [0.15, 0.2) is 22.7 Å². The molecule has 2 atom stereocenters. The molecule has 0 spiro atoms. The van der Waals surface area contributed by atoms with Crippen LogP contribution in [-0.4, -0.2) is 39.7 Å². The molecule has 2 unspecified atom stereocenters. The number of nitrogens with two attached hydrogens (primary N) is 1. The van der Waals surface area contributed by atoms with E-state index in [-0.39, 0.29) is 35.7 Å². The Morgan fingerprint density at radius 3 is 2.74 bits per heavy atom. The summed E-state index contributed by atoms with van der Waals surface area (Å²) in [7, 11) is 0. The van der Waals surface area contributed by atoms with Gasteiger partial charge in [-0.2, -0.15) is 23.6 Å². The van der Waals surface area contributed by atoms with Crippen molar-refractivity contribution in [2.24, 2.45) is 11.7 Å². The maximum atomic E-state index is 13.8. The molecule has 1 aromatic heterocycles. The van der Waals surface area contributed by atoms with Crippen molar-refractivity contribution in [2.75, 3.05) is 13.2 Å². The number of hydrogen-bond acceptors (Lipinski definition) is 8. The number of hydroxylamine groups is 1. The summed E-state index contributed by atoms with van der Waals surface area (Å²) in [5.74, 6) is 0.773. The predicted octanol–water partition coefficient (Wildman–Crippen LogP) is 4.85. The standard InChI is InChI=1S/C23H32F3N5O3/c24-23(25,26)17-14-16(10-11-19(17)33-13-5-8-15-6-2-1-3-7-15)20-28-21(34-30-20)18-9-4-12-31(18)22(27)29-32/h10-11,14-15,18,22,29,32H,1-9,12-13,27H2. The van der Waals surface area contributed by atoms with Crippen LogP contribution in [0, 0.1) is 5.92 Å². The number of halogens is 3. The zero-order valence-electron chi connectivity index (χ0n) is 19.1. The Bertz CT molecular complexity index is 933. The Hall–Kier alpha value is -2.21. The second kappa shape index (κ2) is 11.0. The number of hydrogen-bond donors (Lipinski definition) is 3. The third-order valence-corrected chi connectivity index (χ3v) is 6.79. The summed E-state index contributed by atoms with van der Waals surface area (Å²) in [5.41, 5.74) is 7.15. The first-order chi connectivity index (χ1) is 16.4. The summed E-state index contributed by atoms with van der Waals surface area (Å²) >= 11 is 0. The number of aromatic nitrogens is 2. The van der Waals surface area contributed by atoms with E-state index in [0.717, 1.165) is 25.3 Å². The second-order valence-corrected chi connectivity index (χ2v) is 9.13. The highest BCUT2D eigenvalue weighted by molar-refractivity contribution is 5.59. The first-order valence-corrected chi connectivity index (χ1v) is 12.0. The van der Waals surface area contributed by atoms with E-state index < -0.39 is 18.0 Å². The van der Waals surface area contributed by atoms with Crippen molar-refractivity contribution < 1.29 is 27.6 Å². The van der Waals surface area contributed by atoms with Gasteiger partial charge in [-0.3, -0.25) is 4.90 Å². The van der Waals surface area contributed by atoms with Gasteiger partial charge in [-0.05, 0) is 49.8 Å². The van der Waals surface area contributed by atoms with Gasteiger partial charge in [0, 0.05) is 12.1 Å². The summed E-state index contributed by atoms with van der Waals surface area (Å²) in [5, 5.41) is 13.0.